The van der Waals surface area contributed by atoms with Crippen LogP contribution in [0.3, 0.4) is 0 Å². The first-order valence-corrected chi connectivity index (χ1v) is 5.65. The van der Waals surface area contributed by atoms with Gasteiger partial charge in [0.2, 0.25) is 0 Å². The SMILES string of the molecule is CCc1nc(C)cc(NC(C)c2ncn[nH]2)n1. The van der Waals surface area contributed by atoms with Gasteiger partial charge in [-0.05, 0) is 13.8 Å². The van der Waals surface area contributed by atoms with Gasteiger partial charge in [0.05, 0.1) is 6.04 Å². The monoisotopic (exact) mass is 232 g/mol. The molecule has 17 heavy (non-hydrogen) atoms. The molecule has 0 bridgehead atoms. The molecular formula is C11H16N6. The minimum Gasteiger partial charge on any atom is -0.360 e. The Morgan fingerprint density at radius 3 is 2.88 bits per heavy atom. The second-order valence-electron chi connectivity index (χ2n) is 3.90. The minimum atomic E-state index is 0.0384. The highest BCUT2D eigenvalue weighted by Gasteiger charge is 2.09. The van der Waals surface area contributed by atoms with E-state index in [2.05, 4.69) is 30.5 Å². The summed E-state index contributed by atoms with van der Waals surface area (Å²) in [6, 6.07) is 1.96. The van der Waals surface area contributed by atoms with Crippen molar-refractivity contribution in [3.8, 4) is 0 Å². The second-order valence-corrected chi connectivity index (χ2v) is 3.90. The molecule has 6 heteroatoms. The molecule has 1 unspecified atom stereocenters. The summed E-state index contributed by atoms with van der Waals surface area (Å²) in [6.07, 6.45) is 2.32. The lowest BCUT2D eigenvalue weighted by Gasteiger charge is -2.12. The van der Waals surface area contributed by atoms with Crippen molar-refractivity contribution in [1.82, 2.24) is 25.1 Å². The van der Waals surface area contributed by atoms with Crippen LogP contribution in [0.5, 0.6) is 0 Å². The molecule has 0 spiro atoms. The van der Waals surface area contributed by atoms with Crippen LogP contribution >= 0.6 is 0 Å². The van der Waals surface area contributed by atoms with Crippen molar-refractivity contribution in [2.75, 3.05) is 5.32 Å². The first kappa shape index (κ1) is 11.5. The van der Waals surface area contributed by atoms with Crippen molar-refractivity contribution in [3.05, 3.63) is 29.7 Å². The lowest BCUT2D eigenvalue weighted by molar-refractivity contribution is 0.783. The molecular weight excluding hydrogens is 216 g/mol. The largest absolute Gasteiger partial charge is 0.360 e. The number of H-pyrrole nitrogens is 1. The maximum Gasteiger partial charge on any atom is 0.146 e. The zero-order valence-corrected chi connectivity index (χ0v) is 10.2. The quantitative estimate of drug-likeness (QED) is 0.837. The Labute approximate surface area is 99.9 Å². The van der Waals surface area contributed by atoms with Crippen LogP contribution in [-0.4, -0.2) is 25.1 Å². The van der Waals surface area contributed by atoms with Crippen LogP contribution in [0.4, 0.5) is 5.82 Å². The summed E-state index contributed by atoms with van der Waals surface area (Å²) >= 11 is 0. The summed E-state index contributed by atoms with van der Waals surface area (Å²) in [6.45, 7) is 6.01. The normalized spacial score (nSPS) is 12.4. The molecule has 2 rings (SSSR count). The molecule has 2 heterocycles. The Morgan fingerprint density at radius 1 is 1.41 bits per heavy atom. The van der Waals surface area contributed by atoms with E-state index in [1.807, 2.05) is 26.8 Å². The Balaban J connectivity index is 2.15. The van der Waals surface area contributed by atoms with Crippen LogP contribution in [0.1, 0.15) is 37.2 Å². The van der Waals surface area contributed by atoms with Crippen molar-refractivity contribution < 1.29 is 0 Å². The summed E-state index contributed by atoms with van der Waals surface area (Å²) in [4.78, 5) is 12.9. The smallest absolute Gasteiger partial charge is 0.146 e. The average Bonchev–Trinajstić information content (AvgIpc) is 2.81. The molecule has 0 aromatic carbocycles. The first-order chi connectivity index (χ1) is 8.19. The van der Waals surface area contributed by atoms with E-state index < -0.39 is 0 Å². The van der Waals surface area contributed by atoms with Gasteiger partial charge >= 0.3 is 0 Å². The summed E-state index contributed by atoms with van der Waals surface area (Å²) in [5.41, 5.74) is 0.962. The van der Waals surface area contributed by atoms with Crippen molar-refractivity contribution in [2.45, 2.75) is 33.2 Å². The fourth-order valence-electron chi connectivity index (χ4n) is 1.58. The van der Waals surface area contributed by atoms with E-state index in [4.69, 9.17) is 0 Å². The van der Waals surface area contributed by atoms with Crippen molar-refractivity contribution in [3.63, 3.8) is 0 Å². The number of rotatable bonds is 4. The standard InChI is InChI=1S/C11H16N6/c1-4-9-14-7(2)5-10(16-9)15-8(3)11-12-6-13-17-11/h5-6,8H,4H2,1-3H3,(H,12,13,17)(H,14,15,16). The molecule has 6 nitrogen and oxygen atoms in total. The van der Waals surface area contributed by atoms with Crippen molar-refractivity contribution in [2.24, 2.45) is 0 Å². The van der Waals surface area contributed by atoms with Crippen LogP contribution < -0.4 is 5.32 Å². The Morgan fingerprint density at radius 2 is 2.24 bits per heavy atom. The predicted octanol–water partition coefficient (Wildman–Crippen LogP) is 1.64. The van der Waals surface area contributed by atoms with Crippen LogP contribution in [-0.2, 0) is 6.42 Å². The molecule has 2 aromatic rings. The molecule has 0 fully saturated rings. The molecule has 0 aliphatic heterocycles. The van der Waals surface area contributed by atoms with Gasteiger partial charge in [0.25, 0.3) is 0 Å². The Hall–Kier alpha value is -1.98. The zero-order chi connectivity index (χ0) is 12.3. The first-order valence-electron chi connectivity index (χ1n) is 5.65. The van der Waals surface area contributed by atoms with Gasteiger partial charge in [-0.3, -0.25) is 5.10 Å². The van der Waals surface area contributed by atoms with E-state index in [0.29, 0.717) is 0 Å². The van der Waals surface area contributed by atoms with Gasteiger partial charge in [0.15, 0.2) is 0 Å². The van der Waals surface area contributed by atoms with E-state index in [0.717, 1.165) is 29.6 Å². The summed E-state index contributed by atoms with van der Waals surface area (Å²) < 4.78 is 0. The van der Waals surface area contributed by atoms with E-state index in [1.165, 1.54) is 6.33 Å². The molecule has 2 N–H and O–H groups in total. The fourth-order valence-corrected chi connectivity index (χ4v) is 1.58. The molecule has 90 valence electrons. The number of hydrogen-bond acceptors (Lipinski definition) is 5. The highest BCUT2D eigenvalue weighted by Crippen LogP contribution is 2.14. The van der Waals surface area contributed by atoms with Gasteiger partial charge in [0.1, 0.15) is 23.8 Å². The third-order valence-electron chi connectivity index (χ3n) is 2.42. The van der Waals surface area contributed by atoms with E-state index in [1.54, 1.807) is 0 Å². The van der Waals surface area contributed by atoms with E-state index >= 15 is 0 Å². The number of anilines is 1. The third-order valence-corrected chi connectivity index (χ3v) is 2.42. The zero-order valence-electron chi connectivity index (χ0n) is 10.2. The molecule has 0 radical (unpaired) electrons. The Kier molecular flexibility index (Phi) is 3.32. The van der Waals surface area contributed by atoms with E-state index in [9.17, 15) is 0 Å². The van der Waals surface area contributed by atoms with Gasteiger partial charge in [0, 0.05) is 18.2 Å². The van der Waals surface area contributed by atoms with Crippen molar-refractivity contribution >= 4 is 5.82 Å². The number of hydrogen-bond donors (Lipinski definition) is 2. The number of aromatic nitrogens is 5. The summed E-state index contributed by atoms with van der Waals surface area (Å²) in [7, 11) is 0. The topological polar surface area (TPSA) is 79.4 Å². The number of nitrogens with one attached hydrogen (secondary N) is 2. The minimum absolute atomic E-state index is 0.0384. The summed E-state index contributed by atoms with van der Waals surface area (Å²) in [5, 5.41) is 9.94. The number of aromatic amines is 1. The molecule has 0 saturated heterocycles. The predicted molar refractivity (Wildman–Crippen MR) is 64.6 cm³/mol. The number of aryl methyl sites for hydroxylation is 2. The molecule has 0 aliphatic rings. The highest BCUT2D eigenvalue weighted by atomic mass is 15.2. The fraction of sp³-hybridized carbons (Fsp3) is 0.455. The van der Waals surface area contributed by atoms with Gasteiger partial charge < -0.3 is 5.32 Å². The van der Waals surface area contributed by atoms with Gasteiger partial charge in [-0.15, -0.1) is 0 Å². The van der Waals surface area contributed by atoms with Gasteiger partial charge in [-0.2, -0.15) is 5.10 Å². The highest BCUT2D eigenvalue weighted by molar-refractivity contribution is 5.37. The lowest BCUT2D eigenvalue weighted by Crippen LogP contribution is -2.11. The number of nitrogens with zero attached hydrogens (tertiary/aromatic N) is 4. The van der Waals surface area contributed by atoms with Crippen LogP contribution in [0.25, 0.3) is 0 Å². The third kappa shape index (κ3) is 2.77. The molecule has 0 saturated carbocycles. The lowest BCUT2D eigenvalue weighted by atomic mass is 10.3. The molecule has 0 aliphatic carbocycles. The maximum absolute atomic E-state index is 4.42. The van der Waals surface area contributed by atoms with Gasteiger partial charge in [-0.25, -0.2) is 15.0 Å². The van der Waals surface area contributed by atoms with Crippen LogP contribution in [0, 0.1) is 6.92 Å². The van der Waals surface area contributed by atoms with Gasteiger partial charge in [-0.1, -0.05) is 6.92 Å². The summed E-state index contributed by atoms with van der Waals surface area (Å²) in [5.74, 6) is 2.45. The molecule has 1 atom stereocenters. The molecule has 0 amide bonds. The van der Waals surface area contributed by atoms with Crippen molar-refractivity contribution in [1.29, 1.82) is 0 Å². The molecule has 2 aromatic heterocycles. The van der Waals surface area contributed by atoms with E-state index in [-0.39, 0.29) is 6.04 Å². The van der Waals surface area contributed by atoms with Crippen LogP contribution in [0.15, 0.2) is 12.4 Å². The average molecular weight is 232 g/mol. The second kappa shape index (κ2) is 4.90. The maximum atomic E-state index is 4.42. The Bertz CT molecular complexity index is 479. The van der Waals surface area contributed by atoms with Crippen LogP contribution in [0.2, 0.25) is 0 Å².